The fourth-order valence-electron chi connectivity index (χ4n) is 2.48. The van der Waals surface area contributed by atoms with E-state index in [1.165, 1.54) is 6.92 Å². The third kappa shape index (κ3) is 5.22. The van der Waals surface area contributed by atoms with Crippen molar-refractivity contribution in [1.82, 2.24) is 4.90 Å². The second-order valence-electron chi connectivity index (χ2n) is 5.71. The summed E-state index contributed by atoms with van der Waals surface area (Å²) in [6.45, 7) is 0.900. The molecule has 1 fully saturated rings. The monoisotopic (exact) mass is 398 g/mol. The van der Waals surface area contributed by atoms with Crippen LogP contribution in [0.25, 0.3) is 0 Å². The summed E-state index contributed by atoms with van der Waals surface area (Å²) in [6, 6.07) is -1.06. The summed E-state index contributed by atoms with van der Waals surface area (Å²) in [5.74, 6) is -3.19. The second kappa shape index (κ2) is 8.88. The van der Waals surface area contributed by atoms with Gasteiger partial charge in [-0.25, -0.2) is 19.2 Å². The van der Waals surface area contributed by atoms with Crippen LogP contribution in [-0.4, -0.2) is 54.6 Å². The standard InChI is InChI=1S/C16H18N2O10/c1-8-11(28-16(23)26-8)7-25-15(22)18-6-9(5-10(18)14(17)21)27-13(20)4-3-12(19)24-2/h3-4,9-10H,5-7H2,1-2H3,(H2,17,21)/b4-3+/t9-,10+/m1/s1. The lowest BCUT2D eigenvalue weighted by molar-refractivity contribution is -0.143. The van der Waals surface area contributed by atoms with Gasteiger partial charge in [-0.15, -0.1) is 0 Å². The van der Waals surface area contributed by atoms with E-state index < -0.39 is 48.5 Å². The number of rotatable bonds is 6. The average Bonchev–Trinajstić information content (AvgIpc) is 3.20. The predicted octanol–water partition coefficient (Wildman–Crippen LogP) is -0.622. The van der Waals surface area contributed by atoms with Gasteiger partial charge in [0.25, 0.3) is 0 Å². The highest BCUT2D eigenvalue weighted by Crippen LogP contribution is 2.22. The number of methoxy groups -OCH3 is 1. The molecule has 2 atom stereocenters. The SMILES string of the molecule is COC(=O)/C=C/C(=O)O[C@@H]1C[C@@H](C(N)=O)N(C(=O)OCc2oc(=O)oc2C)C1. The molecule has 0 aromatic carbocycles. The Balaban J connectivity index is 1.97. The Hall–Kier alpha value is -3.57. The molecule has 2 N–H and O–H groups in total. The largest absolute Gasteiger partial charge is 0.519 e. The highest BCUT2D eigenvalue weighted by Gasteiger charge is 2.41. The van der Waals surface area contributed by atoms with Crippen LogP contribution >= 0.6 is 0 Å². The molecule has 1 aliphatic rings. The van der Waals surface area contributed by atoms with Crippen LogP contribution in [0.15, 0.2) is 25.8 Å². The van der Waals surface area contributed by atoms with Crippen LogP contribution in [0, 0.1) is 6.92 Å². The minimum absolute atomic E-state index is 0.0177. The smallest absolute Gasteiger partial charge is 0.466 e. The first-order valence-corrected chi connectivity index (χ1v) is 8.00. The Morgan fingerprint density at radius 1 is 1.21 bits per heavy atom. The molecule has 0 radical (unpaired) electrons. The van der Waals surface area contributed by atoms with Crippen LogP contribution < -0.4 is 11.6 Å². The fraction of sp³-hybridized carbons (Fsp3) is 0.438. The molecule has 0 bridgehead atoms. The number of likely N-dealkylation sites (tertiary alicyclic amines) is 1. The minimum Gasteiger partial charge on any atom is -0.466 e. The maximum Gasteiger partial charge on any atom is 0.519 e. The van der Waals surface area contributed by atoms with Gasteiger partial charge in [0.2, 0.25) is 5.91 Å². The number of nitrogens with zero attached hydrogens (tertiary/aromatic N) is 1. The molecule has 1 aromatic rings. The zero-order valence-electron chi connectivity index (χ0n) is 15.0. The Morgan fingerprint density at radius 3 is 2.46 bits per heavy atom. The lowest BCUT2D eigenvalue weighted by Crippen LogP contribution is -2.44. The van der Waals surface area contributed by atoms with Crippen LogP contribution in [0.2, 0.25) is 0 Å². The summed E-state index contributed by atoms with van der Waals surface area (Å²) in [5, 5.41) is 0. The molecule has 2 heterocycles. The highest BCUT2D eigenvalue weighted by molar-refractivity contribution is 5.91. The molecule has 28 heavy (non-hydrogen) atoms. The Bertz CT molecular complexity index is 852. The van der Waals surface area contributed by atoms with Gasteiger partial charge in [-0.2, -0.15) is 0 Å². The zero-order valence-corrected chi connectivity index (χ0v) is 15.0. The number of carbonyl (C=O) groups is 4. The molecule has 152 valence electrons. The van der Waals surface area contributed by atoms with Crippen LogP contribution in [0.3, 0.4) is 0 Å². The maximum atomic E-state index is 12.3. The number of ether oxygens (including phenoxy) is 3. The molecule has 2 rings (SSSR count). The van der Waals surface area contributed by atoms with Crippen molar-refractivity contribution in [2.24, 2.45) is 5.73 Å². The molecule has 1 aliphatic heterocycles. The summed E-state index contributed by atoms with van der Waals surface area (Å²) in [4.78, 5) is 58.5. The molecule has 0 saturated carbocycles. The van der Waals surface area contributed by atoms with Gasteiger partial charge in [-0.1, -0.05) is 0 Å². The molecule has 12 nitrogen and oxygen atoms in total. The lowest BCUT2D eigenvalue weighted by Gasteiger charge is -2.20. The van der Waals surface area contributed by atoms with Crippen LogP contribution in [0.5, 0.6) is 0 Å². The first-order valence-electron chi connectivity index (χ1n) is 8.00. The van der Waals surface area contributed by atoms with Gasteiger partial charge in [-0.3, -0.25) is 9.69 Å². The number of aryl methyl sites for hydroxylation is 1. The van der Waals surface area contributed by atoms with Crippen molar-refractivity contribution in [3.63, 3.8) is 0 Å². The first kappa shape index (κ1) is 20.7. The van der Waals surface area contributed by atoms with Gasteiger partial charge in [0, 0.05) is 18.6 Å². The van der Waals surface area contributed by atoms with Crippen LogP contribution in [0.4, 0.5) is 4.79 Å². The van der Waals surface area contributed by atoms with Crippen LogP contribution in [-0.2, 0) is 35.2 Å². The van der Waals surface area contributed by atoms with Crippen molar-refractivity contribution in [3.8, 4) is 0 Å². The maximum absolute atomic E-state index is 12.3. The number of hydrogen-bond acceptors (Lipinski definition) is 10. The average molecular weight is 398 g/mol. The van der Waals surface area contributed by atoms with E-state index in [1.807, 2.05) is 0 Å². The van der Waals surface area contributed by atoms with E-state index in [2.05, 4.69) is 9.15 Å². The summed E-state index contributed by atoms with van der Waals surface area (Å²) in [5.41, 5.74) is 5.29. The molecular weight excluding hydrogens is 380 g/mol. The molecule has 1 aromatic heterocycles. The van der Waals surface area contributed by atoms with Crippen molar-refractivity contribution >= 4 is 23.9 Å². The fourth-order valence-corrected chi connectivity index (χ4v) is 2.48. The molecular formula is C16H18N2O10. The molecule has 12 heteroatoms. The number of hydrogen-bond donors (Lipinski definition) is 1. The number of carbonyl (C=O) groups excluding carboxylic acids is 4. The van der Waals surface area contributed by atoms with Gasteiger partial charge in [0.05, 0.1) is 13.7 Å². The van der Waals surface area contributed by atoms with Crippen molar-refractivity contribution < 1.29 is 42.2 Å². The number of amides is 2. The van der Waals surface area contributed by atoms with E-state index >= 15 is 0 Å². The first-order chi connectivity index (χ1) is 13.2. The highest BCUT2D eigenvalue weighted by atomic mass is 16.6. The number of primary amides is 1. The van der Waals surface area contributed by atoms with Crippen LogP contribution in [0.1, 0.15) is 17.9 Å². The van der Waals surface area contributed by atoms with Gasteiger partial charge in [0.1, 0.15) is 12.1 Å². The van der Waals surface area contributed by atoms with Crippen molar-refractivity contribution in [3.05, 3.63) is 34.3 Å². The van der Waals surface area contributed by atoms with E-state index in [4.69, 9.17) is 19.6 Å². The molecule has 2 amide bonds. The van der Waals surface area contributed by atoms with E-state index in [9.17, 15) is 24.0 Å². The predicted molar refractivity (Wildman–Crippen MR) is 87.5 cm³/mol. The zero-order chi connectivity index (χ0) is 20.8. The van der Waals surface area contributed by atoms with E-state index in [0.717, 1.165) is 24.2 Å². The molecule has 0 unspecified atom stereocenters. The normalized spacial score (nSPS) is 18.9. The second-order valence-corrected chi connectivity index (χ2v) is 5.71. The Morgan fingerprint density at radius 2 is 1.89 bits per heavy atom. The topological polar surface area (TPSA) is 169 Å². The summed E-state index contributed by atoms with van der Waals surface area (Å²) >= 11 is 0. The number of nitrogens with two attached hydrogens (primary N) is 1. The van der Waals surface area contributed by atoms with E-state index in [1.54, 1.807) is 0 Å². The molecule has 1 saturated heterocycles. The van der Waals surface area contributed by atoms with E-state index in [0.29, 0.717) is 0 Å². The van der Waals surface area contributed by atoms with Gasteiger partial charge < -0.3 is 28.8 Å². The third-order valence-electron chi connectivity index (χ3n) is 3.83. The summed E-state index contributed by atoms with van der Waals surface area (Å²) < 4.78 is 23.8. The molecule has 0 spiro atoms. The Labute approximate surface area is 157 Å². The Kier molecular flexibility index (Phi) is 6.58. The van der Waals surface area contributed by atoms with Crippen molar-refractivity contribution in [2.75, 3.05) is 13.7 Å². The van der Waals surface area contributed by atoms with E-state index in [-0.39, 0.29) is 24.5 Å². The van der Waals surface area contributed by atoms with Gasteiger partial charge >= 0.3 is 23.9 Å². The third-order valence-corrected chi connectivity index (χ3v) is 3.83. The summed E-state index contributed by atoms with van der Waals surface area (Å²) in [7, 11) is 1.14. The minimum atomic E-state index is -1.06. The van der Waals surface area contributed by atoms with Crippen molar-refractivity contribution in [1.29, 1.82) is 0 Å². The molecule has 0 aliphatic carbocycles. The van der Waals surface area contributed by atoms with Crippen molar-refractivity contribution in [2.45, 2.75) is 32.1 Å². The number of esters is 2. The van der Waals surface area contributed by atoms with Gasteiger partial charge in [-0.05, 0) is 6.92 Å². The summed E-state index contributed by atoms with van der Waals surface area (Å²) in [6.07, 6.45) is -0.0718. The van der Waals surface area contributed by atoms with Gasteiger partial charge in [0.15, 0.2) is 18.1 Å². The quantitative estimate of drug-likeness (QED) is 0.370. The lowest BCUT2D eigenvalue weighted by atomic mass is 10.2.